The summed E-state index contributed by atoms with van der Waals surface area (Å²) in [5, 5.41) is 14.1. The normalized spacial score (nSPS) is 10.3. The lowest BCUT2D eigenvalue weighted by Crippen LogP contribution is -2.06. The number of hydrogen-bond donors (Lipinski definition) is 1. The summed E-state index contributed by atoms with van der Waals surface area (Å²) in [7, 11) is 0. The highest BCUT2D eigenvalue weighted by molar-refractivity contribution is 5.69. The van der Waals surface area contributed by atoms with Gasteiger partial charge < -0.3 is 5.32 Å². The van der Waals surface area contributed by atoms with Gasteiger partial charge in [0.1, 0.15) is 6.20 Å². The van der Waals surface area contributed by atoms with E-state index in [0.29, 0.717) is 23.8 Å². The van der Waals surface area contributed by atoms with Crippen LogP contribution in [0, 0.1) is 17.0 Å². The second-order valence-corrected chi connectivity index (χ2v) is 4.30. The molecule has 2 heterocycles. The Kier molecular flexibility index (Phi) is 4.19. The van der Waals surface area contributed by atoms with Gasteiger partial charge in [0, 0.05) is 24.0 Å². The predicted molar refractivity (Wildman–Crippen MR) is 75.4 cm³/mol. The number of nitrogens with one attached hydrogen (secondary N) is 1. The lowest BCUT2D eigenvalue weighted by molar-refractivity contribution is -0.384. The lowest BCUT2D eigenvalue weighted by atomic mass is 10.1. The Morgan fingerprint density at radius 2 is 2.20 bits per heavy atom. The maximum Gasteiger partial charge on any atom is 0.313 e. The smallest absolute Gasteiger partial charge is 0.313 e. The molecule has 7 heteroatoms. The minimum absolute atomic E-state index is 0.113. The summed E-state index contributed by atoms with van der Waals surface area (Å²) in [4.78, 5) is 22.9. The average molecular weight is 273 g/mol. The first-order valence-electron chi connectivity index (χ1n) is 6.30. The van der Waals surface area contributed by atoms with Crippen LogP contribution in [0.4, 0.5) is 11.6 Å². The summed E-state index contributed by atoms with van der Waals surface area (Å²) in [6.07, 6.45) is 3.76. The molecule has 2 aromatic heterocycles. The van der Waals surface area contributed by atoms with E-state index in [1.165, 1.54) is 6.20 Å². The third-order valence-corrected chi connectivity index (χ3v) is 2.67. The van der Waals surface area contributed by atoms with E-state index in [2.05, 4.69) is 20.3 Å². The van der Waals surface area contributed by atoms with Crippen molar-refractivity contribution in [1.29, 1.82) is 0 Å². The van der Waals surface area contributed by atoms with E-state index in [1.807, 2.05) is 13.8 Å². The second kappa shape index (κ2) is 6.05. The van der Waals surface area contributed by atoms with Gasteiger partial charge in [-0.1, -0.05) is 6.92 Å². The molecule has 0 aliphatic rings. The molecule has 0 saturated carbocycles. The van der Waals surface area contributed by atoms with Crippen LogP contribution in [-0.2, 0) is 0 Å². The molecular weight excluding hydrogens is 258 g/mol. The standard InChI is InChI=1S/C13H15N5O2/c1-3-5-15-13-16-8-11(18(19)20)12(17-13)10-4-6-14-9(2)7-10/h4,6-8H,3,5H2,1-2H3,(H,15,16,17). The number of nitro groups is 1. The van der Waals surface area contributed by atoms with Crippen molar-refractivity contribution >= 4 is 11.6 Å². The lowest BCUT2D eigenvalue weighted by Gasteiger charge is -2.06. The average Bonchev–Trinajstić information content (AvgIpc) is 2.44. The van der Waals surface area contributed by atoms with E-state index < -0.39 is 4.92 Å². The molecule has 0 saturated heterocycles. The Balaban J connectivity index is 2.49. The highest BCUT2D eigenvalue weighted by atomic mass is 16.6. The quantitative estimate of drug-likeness (QED) is 0.664. The first-order chi connectivity index (χ1) is 9.61. The summed E-state index contributed by atoms with van der Waals surface area (Å²) < 4.78 is 0. The highest BCUT2D eigenvalue weighted by Crippen LogP contribution is 2.28. The molecule has 0 fully saturated rings. The molecule has 0 atom stereocenters. The number of hydrogen-bond acceptors (Lipinski definition) is 6. The van der Waals surface area contributed by atoms with Crippen molar-refractivity contribution in [3.63, 3.8) is 0 Å². The summed E-state index contributed by atoms with van der Waals surface area (Å²) in [6.45, 7) is 4.56. The molecule has 2 aromatic rings. The number of pyridine rings is 1. The van der Waals surface area contributed by atoms with Crippen molar-refractivity contribution in [3.05, 3.63) is 40.3 Å². The van der Waals surface area contributed by atoms with Crippen LogP contribution < -0.4 is 5.32 Å². The SMILES string of the molecule is CCCNc1ncc([N+](=O)[O-])c(-c2ccnc(C)c2)n1. The number of nitrogens with zero attached hydrogens (tertiary/aromatic N) is 4. The molecular formula is C13H15N5O2. The van der Waals surface area contributed by atoms with Crippen LogP contribution in [0.15, 0.2) is 24.5 Å². The number of aryl methyl sites for hydroxylation is 1. The molecule has 0 spiro atoms. The van der Waals surface area contributed by atoms with Crippen molar-refractivity contribution in [2.45, 2.75) is 20.3 Å². The van der Waals surface area contributed by atoms with Crippen molar-refractivity contribution in [2.75, 3.05) is 11.9 Å². The summed E-state index contributed by atoms with van der Waals surface area (Å²) >= 11 is 0. The molecule has 7 nitrogen and oxygen atoms in total. The fourth-order valence-corrected chi connectivity index (χ4v) is 1.74. The van der Waals surface area contributed by atoms with Crippen molar-refractivity contribution in [1.82, 2.24) is 15.0 Å². The van der Waals surface area contributed by atoms with Crippen molar-refractivity contribution in [3.8, 4) is 11.3 Å². The first kappa shape index (κ1) is 13.9. The van der Waals surface area contributed by atoms with E-state index >= 15 is 0 Å². The molecule has 0 amide bonds. The van der Waals surface area contributed by atoms with E-state index in [4.69, 9.17) is 0 Å². The van der Waals surface area contributed by atoms with Crippen LogP contribution in [0.2, 0.25) is 0 Å². The zero-order valence-electron chi connectivity index (χ0n) is 11.3. The van der Waals surface area contributed by atoms with Gasteiger partial charge in [0.2, 0.25) is 5.95 Å². The van der Waals surface area contributed by atoms with Crippen molar-refractivity contribution in [2.24, 2.45) is 0 Å². The van der Waals surface area contributed by atoms with Crippen LogP contribution >= 0.6 is 0 Å². The Morgan fingerprint density at radius 3 is 2.85 bits per heavy atom. The molecule has 0 aromatic carbocycles. The summed E-state index contributed by atoms with van der Waals surface area (Å²) in [5.74, 6) is 0.391. The number of anilines is 1. The maximum absolute atomic E-state index is 11.1. The number of aromatic nitrogens is 3. The van der Waals surface area contributed by atoms with E-state index in [-0.39, 0.29) is 5.69 Å². The Hall–Kier alpha value is -2.57. The fraction of sp³-hybridized carbons (Fsp3) is 0.308. The summed E-state index contributed by atoms with van der Waals surface area (Å²) in [6, 6.07) is 3.46. The van der Waals surface area contributed by atoms with Gasteiger partial charge in [-0.15, -0.1) is 0 Å². The Labute approximate surface area is 116 Å². The van der Waals surface area contributed by atoms with E-state index in [0.717, 1.165) is 12.1 Å². The highest BCUT2D eigenvalue weighted by Gasteiger charge is 2.19. The molecule has 2 rings (SSSR count). The van der Waals surface area contributed by atoms with Crippen LogP contribution in [0.1, 0.15) is 19.0 Å². The predicted octanol–water partition coefficient (Wildman–Crippen LogP) is 2.58. The van der Waals surface area contributed by atoms with Crippen LogP contribution in [-0.4, -0.2) is 26.4 Å². The molecule has 20 heavy (non-hydrogen) atoms. The Bertz CT molecular complexity index is 630. The Morgan fingerprint density at radius 1 is 1.40 bits per heavy atom. The molecule has 0 bridgehead atoms. The number of rotatable bonds is 5. The molecule has 0 aliphatic carbocycles. The largest absolute Gasteiger partial charge is 0.354 e. The third kappa shape index (κ3) is 3.05. The minimum atomic E-state index is -0.477. The third-order valence-electron chi connectivity index (χ3n) is 2.67. The zero-order valence-corrected chi connectivity index (χ0v) is 11.3. The fourth-order valence-electron chi connectivity index (χ4n) is 1.74. The molecule has 0 aliphatic heterocycles. The van der Waals surface area contributed by atoms with Gasteiger partial charge in [-0.05, 0) is 25.5 Å². The summed E-state index contributed by atoms with van der Waals surface area (Å²) in [5.41, 5.74) is 1.62. The zero-order chi connectivity index (χ0) is 14.5. The van der Waals surface area contributed by atoms with E-state index in [1.54, 1.807) is 18.3 Å². The van der Waals surface area contributed by atoms with Gasteiger partial charge in [0.25, 0.3) is 0 Å². The van der Waals surface area contributed by atoms with Gasteiger partial charge in [0.05, 0.1) is 4.92 Å². The minimum Gasteiger partial charge on any atom is -0.354 e. The first-order valence-corrected chi connectivity index (χ1v) is 6.30. The molecule has 0 radical (unpaired) electrons. The molecule has 104 valence electrons. The van der Waals surface area contributed by atoms with Crippen molar-refractivity contribution < 1.29 is 4.92 Å². The van der Waals surface area contributed by atoms with Crippen LogP contribution in [0.5, 0.6) is 0 Å². The second-order valence-electron chi connectivity index (χ2n) is 4.30. The molecule has 1 N–H and O–H groups in total. The van der Waals surface area contributed by atoms with Gasteiger partial charge in [-0.25, -0.2) is 9.97 Å². The monoisotopic (exact) mass is 273 g/mol. The van der Waals surface area contributed by atoms with Crippen LogP contribution in [0.25, 0.3) is 11.3 Å². The van der Waals surface area contributed by atoms with Gasteiger partial charge >= 0.3 is 5.69 Å². The van der Waals surface area contributed by atoms with E-state index in [9.17, 15) is 10.1 Å². The maximum atomic E-state index is 11.1. The topological polar surface area (TPSA) is 93.8 Å². The van der Waals surface area contributed by atoms with Crippen LogP contribution in [0.3, 0.4) is 0 Å². The van der Waals surface area contributed by atoms with Gasteiger partial charge in [-0.2, -0.15) is 0 Å². The van der Waals surface area contributed by atoms with Gasteiger partial charge in [0.15, 0.2) is 5.69 Å². The molecule has 0 unspecified atom stereocenters. The van der Waals surface area contributed by atoms with Gasteiger partial charge in [-0.3, -0.25) is 15.1 Å².